The van der Waals surface area contributed by atoms with E-state index in [1.165, 1.54) is 4.90 Å². The molecule has 0 spiro atoms. The molecule has 3 rings (SSSR count). The molecule has 0 saturated heterocycles. The molecule has 0 aromatic heterocycles. The molecule has 0 heterocycles. The molecule has 3 amide bonds. The van der Waals surface area contributed by atoms with E-state index >= 15 is 0 Å². The van der Waals surface area contributed by atoms with Crippen LogP contribution in [-0.4, -0.2) is 59.3 Å². The third kappa shape index (κ3) is 7.26. The van der Waals surface area contributed by atoms with E-state index < -0.39 is 42.2 Å². The highest BCUT2D eigenvalue weighted by molar-refractivity contribution is 5.99. The number of nitrogens with zero attached hydrogens (tertiary/aromatic N) is 1. The van der Waals surface area contributed by atoms with Crippen molar-refractivity contribution >= 4 is 23.6 Å². The zero-order valence-corrected chi connectivity index (χ0v) is 22.2. The van der Waals surface area contributed by atoms with Gasteiger partial charge in [0.2, 0.25) is 5.91 Å². The highest BCUT2D eigenvalue weighted by atomic mass is 16.6. The summed E-state index contributed by atoms with van der Waals surface area (Å²) in [5.41, 5.74) is 0.904. The number of ether oxygens (including phenoxy) is 2. The fraction of sp³-hybridized carbons (Fsp3) is 0.414. The second kappa shape index (κ2) is 12.5. The molecule has 38 heavy (non-hydrogen) atoms. The molecule has 202 valence electrons. The Morgan fingerprint density at radius 1 is 1.11 bits per heavy atom. The molecule has 0 bridgehead atoms. The Bertz CT molecular complexity index is 1160. The van der Waals surface area contributed by atoms with Gasteiger partial charge in [0.05, 0.1) is 13.7 Å². The first kappa shape index (κ1) is 28.5. The van der Waals surface area contributed by atoms with Crippen LogP contribution in [0.15, 0.2) is 48.5 Å². The van der Waals surface area contributed by atoms with Gasteiger partial charge in [-0.3, -0.25) is 9.59 Å². The van der Waals surface area contributed by atoms with E-state index in [4.69, 9.17) is 15.9 Å². The summed E-state index contributed by atoms with van der Waals surface area (Å²) in [6.45, 7) is 4.43. The zero-order chi connectivity index (χ0) is 27.9. The van der Waals surface area contributed by atoms with Crippen molar-refractivity contribution in [1.29, 1.82) is 0 Å². The van der Waals surface area contributed by atoms with Crippen molar-refractivity contribution in [2.75, 3.05) is 19.0 Å². The van der Waals surface area contributed by atoms with Gasteiger partial charge in [0.15, 0.2) is 0 Å². The second-order valence-corrected chi connectivity index (χ2v) is 10.1. The Balaban J connectivity index is 1.97. The van der Waals surface area contributed by atoms with Gasteiger partial charge < -0.3 is 30.1 Å². The van der Waals surface area contributed by atoms with E-state index in [2.05, 4.69) is 16.6 Å². The Hall–Kier alpha value is -4.03. The highest BCUT2D eigenvalue weighted by Crippen LogP contribution is 2.34. The largest absolute Gasteiger partial charge is 0.497 e. The van der Waals surface area contributed by atoms with Gasteiger partial charge in [-0.05, 0) is 82.0 Å². The molecular formula is C29H35N3O6. The first-order valence-corrected chi connectivity index (χ1v) is 12.5. The fourth-order valence-electron chi connectivity index (χ4n) is 4.08. The van der Waals surface area contributed by atoms with Gasteiger partial charge in [0, 0.05) is 17.3 Å². The van der Waals surface area contributed by atoms with Crippen molar-refractivity contribution in [3.05, 3.63) is 59.7 Å². The van der Waals surface area contributed by atoms with Crippen LogP contribution < -0.4 is 15.4 Å². The summed E-state index contributed by atoms with van der Waals surface area (Å²) in [5, 5.41) is 15.4. The minimum absolute atomic E-state index is 0.254. The van der Waals surface area contributed by atoms with Crippen molar-refractivity contribution in [2.45, 2.75) is 63.8 Å². The summed E-state index contributed by atoms with van der Waals surface area (Å²) in [6.07, 6.45) is 6.94. The number of terminal acetylenes is 1. The van der Waals surface area contributed by atoms with E-state index in [9.17, 15) is 19.5 Å². The minimum Gasteiger partial charge on any atom is -0.497 e. The maximum Gasteiger partial charge on any atom is 0.408 e. The van der Waals surface area contributed by atoms with Crippen LogP contribution in [0.4, 0.5) is 10.5 Å². The predicted molar refractivity (Wildman–Crippen MR) is 143 cm³/mol. The van der Waals surface area contributed by atoms with Crippen molar-refractivity contribution in [3.8, 4) is 18.1 Å². The summed E-state index contributed by atoms with van der Waals surface area (Å²) in [7, 11) is 1.55. The molecule has 1 aliphatic rings. The van der Waals surface area contributed by atoms with Crippen LogP contribution in [0.25, 0.3) is 0 Å². The lowest BCUT2D eigenvalue weighted by molar-refractivity contribution is -0.146. The summed E-state index contributed by atoms with van der Waals surface area (Å²) in [5.74, 6) is 2.15. The number of anilines is 1. The van der Waals surface area contributed by atoms with Crippen LogP contribution in [0.5, 0.6) is 5.75 Å². The van der Waals surface area contributed by atoms with E-state index in [-0.39, 0.29) is 6.04 Å². The van der Waals surface area contributed by atoms with Gasteiger partial charge >= 0.3 is 6.09 Å². The number of aliphatic hydroxyl groups is 1. The lowest BCUT2D eigenvalue weighted by Gasteiger charge is -2.43. The van der Waals surface area contributed by atoms with Gasteiger partial charge in [-0.15, -0.1) is 6.42 Å². The number of amides is 3. The maximum atomic E-state index is 13.9. The number of alkyl carbamates (subject to hydrolysis) is 1. The molecule has 2 aromatic carbocycles. The molecular weight excluding hydrogens is 486 g/mol. The Morgan fingerprint density at radius 3 is 2.21 bits per heavy atom. The molecule has 3 N–H and O–H groups in total. The molecule has 0 aliphatic heterocycles. The Kier molecular flexibility index (Phi) is 9.37. The van der Waals surface area contributed by atoms with E-state index in [0.29, 0.717) is 35.4 Å². The first-order chi connectivity index (χ1) is 18.1. The lowest BCUT2D eigenvalue weighted by atomic mass is 9.88. The molecule has 9 heteroatoms. The topological polar surface area (TPSA) is 117 Å². The number of carbonyl (C=O) groups is 3. The van der Waals surface area contributed by atoms with Gasteiger partial charge in [0.25, 0.3) is 5.91 Å². The standard InChI is InChI=1S/C29H35N3O6/c1-6-19-10-12-20(13-11-19)25(26(34)30-21-14-16-23(37-5)17-15-21)32(22-8-7-9-22)27(35)24(18-33)31-28(36)38-29(2,3)4/h1,10-17,22,24-25,33H,7-9,18H2,2-5H3,(H,30,34)(H,31,36). The second-order valence-electron chi connectivity index (χ2n) is 10.1. The number of hydrogen-bond acceptors (Lipinski definition) is 6. The maximum absolute atomic E-state index is 13.9. The summed E-state index contributed by atoms with van der Waals surface area (Å²) < 4.78 is 10.5. The van der Waals surface area contributed by atoms with Crippen LogP contribution in [0.1, 0.15) is 57.2 Å². The summed E-state index contributed by atoms with van der Waals surface area (Å²) >= 11 is 0. The third-order valence-electron chi connectivity index (χ3n) is 6.17. The van der Waals surface area contributed by atoms with Crippen LogP contribution in [0.2, 0.25) is 0 Å². The van der Waals surface area contributed by atoms with Gasteiger partial charge in [0.1, 0.15) is 23.4 Å². The Morgan fingerprint density at radius 2 is 1.74 bits per heavy atom. The monoisotopic (exact) mass is 521 g/mol. The van der Waals surface area contributed by atoms with Crippen molar-refractivity contribution in [2.24, 2.45) is 0 Å². The van der Waals surface area contributed by atoms with Crippen LogP contribution in [0, 0.1) is 12.3 Å². The third-order valence-corrected chi connectivity index (χ3v) is 6.17. The number of aliphatic hydroxyl groups excluding tert-OH is 1. The van der Waals surface area contributed by atoms with E-state index in [0.717, 1.165) is 6.42 Å². The zero-order valence-electron chi connectivity index (χ0n) is 22.2. The summed E-state index contributed by atoms with van der Waals surface area (Å²) in [6, 6.07) is 11.1. The highest BCUT2D eigenvalue weighted by Gasteiger charge is 2.42. The number of hydrogen-bond donors (Lipinski definition) is 3. The van der Waals surface area contributed by atoms with Gasteiger partial charge in [-0.2, -0.15) is 0 Å². The van der Waals surface area contributed by atoms with E-state index in [1.807, 2.05) is 0 Å². The molecule has 0 radical (unpaired) electrons. The quantitative estimate of drug-likeness (QED) is 0.434. The Labute approximate surface area is 223 Å². The summed E-state index contributed by atoms with van der Waals surface area (Å²) in [4.78, 5) is 41.5. The molecule has 1 fully saturated rings. The molecule has 1 saturated carbocycles. The van der Waals surface area contributed by atoms with Crippen molar-refractivity contribution in [1.82, 2.24) is 10.2 Å². The SMILES string of the molecule is C#Cc1ccc(C(C(=O)Nc2ccc(OC)cc2)N(C(=O)C(CO)NC(=O)OC(C)(C)C)C2CCC2)cc1. The van der Waals surface area contributed by atoms with Crippen LogP contribution >= 0.6 is 0 Å². The van der Waals surface area contributed by atoms with Crippen LogP contribution in [-0.2, 0) is 14.3 Å². The average Bonchev–Trinajstić information content (AvgIpc) is 2.85. The molecule has 2 atom stereocenters. The van der Waals surface area contributed by atoms with Crippen molar-refractivity contribution < 1.29 is 29.0 Å². The van der Waals surface area contributed by atoms with Crippen molar-refractivity contribution in [3.63, 3.8) is 0 Å². The van der Waals surface area contributed by atoms with Gasteiger partial charge in [-0.25, -0.2) is 4.79 Å². The molecule has 9 nitrogen and oxygen atoms in total. The fourth-order valence-corrected chi connectivity index (χ4v) is 4.08. The smallest absolute Gasteiger partial charge is 0.408 e. The normalized spacial score (nSPS) is 14.7. The van der Waals surface area contributed by atoms with Crippen LogP contribution in [0.3, 0.4) is 0 Å². The molecule has 1 aliphatic carbocycles. The number of nitrogens with one attached hydrogen (secondary N) is 2. The average molecular weight is 522 g/mol. The number of methoxy groups -OCH3 is 1. The number of rotatable bonds is 9. The lowest BCUT2D eigenvalue weighted by Crippen LogP contribution is -2.58. The number of benzene rings is 2. The molecule has 2 unspecified atom stereocenters. The first-order valence-electron chi connectivity index (χ1n) is 12.5. The predicted octanol–water partition coefficient (Wildman–Crippen LogP) is 3.62. The number of carbonyl (C=O) groups excluding carboxylic acids is 3. The molecule has 2 aromatic rings. The minimum atomic E-state index is -1.30. The van der Waals surface area contributed by atoms with E-state index in [1.54, 1.807) is 76.4 Å². The van der Waals surface area contributed by atoms with Gasteiger partial charge in [-0.1, -0.05) is 18.1 Å².